The Morgan fingerprint density at radius 3 is 2.65 bits per heavy atom. The topological polar surface area (TPSA) is 47.8 Å². The highest BCUT2D eigenvalue weighted by atomic mass is 16.1. The molecule has 0 aliphatic rings. The zero-order valence-electron chi connectivity index (χ0n) is 11.1. The number of hydrogen-bond acceptors (Lipinski definition) is 3. The number of aldehydes is 1. The predicted molar refractivity (Wildman–Crippen MR) is 68.1 cm³/mol. The monoisotopic (exact) mass is 237 g/mol. The molecule has 0 aliphatic heterocycles. The van der Waals surface area contributed by atoms with Crippen LogP contribution in [0.2, 0.25) is 0 Å². The Morgan fingerprint density at radius 2 is 2.06 bits per heavy atom. The number of rotatable bonds is 8. The van der Waals surface area contributed by atoms with Crippen molar-refractivity contribution in [3.63, 3.8) is 0 Å². The molecule has 17 heavy (non-hydrogen) atoms. The van der Waals surface area contributed by atoms with Gasteiger partial charge in [0.2, 0.25) is 0 Å². The lowest BCUT2D eigenvalue weighted by atomic mass is 10.1. The molecule has 0 aromatic carbocycles. The summed E-state index contributed by atoms with van der Waals surface area (Å²) in [6.07, 6.45) is 6.50. The molecule has 1 aromatic rings. The van der Waals surface area contributed by atoms with Gasteiger partial charge in [0.15, 0.2) is 6.29 Å². The van der Waals surface area contributed by atoms with E-state index in [1.807, 2.05) is 4.68 Å². The second-order valence-corrected chi connectivity index (χ2v) is 4.92. The Labute approximate surface area is 103 Å². The molecule has 1 heterocycles. The molecule has 1 aromatic heterocycles. The summed E-state index contributed by atoms with van der Waals surface area (Å²) >= 11 is 0. The molecule has 0 bridgehead atoms. The largest absolute Gasteiger partial charge is 0.296 e. The molecule has 96 valence electrons. The fraction of sp³-hybridized carbons (Fsp3) is 0.769. The maximum atomic E-state index is 10.9. The summed E-state index contributed by atoms with van der Waals surface area (Å²) in [6, 6.07) is 0. The van der Waals surface area contributed by atoms with E-state index in [1.54, 1.807) is 0 Å². The zero-order valence-corrected chi connectivity index (χ0v) is 11.1. The number of carbonyl (C=O) groups is 1. The molecule has 4 heteroatoms. The number of aryl methyl sites for hydroxylation is 1. The molecule has 0 amide bonds. The highest BCUT2D eigenvalue weighted by Gasteiger charge is 2.13. The maximum Gasteiger partial charge on any atom is 0.172 e. The Balaban J connectivity index is 2.63. The van der Waals surface area contributed by atoms with Gasteiger partial charge in [-0.3, -0.25) is 4.79 Å². The normalized spacial score (nSPS) is 11.1. The SMILES string of the molecule is CCCCCCn1nnc(C=O)c1CC(C)C. The Hall–Kier alpha value is -1.19. The second kappa shape index (κ2) is 7.20. The van der Waals surface area contributed by atoms with Crippen molar-refractivity contribution >= 4 is 6.29 Å². The van der Waals surface area contributed by atoms with Crippen molar-refractivity contribution in [2.24, 2.45) is 5.92 Å². The molecule has 0 radical (unpaired) electrons. The van der Waals surface area contributed by atoms with E-state index in [9.17, 15) is 4.79 Å². The van der Waals surface area contributed by atoms with Gasteiger partial charge in [-0.05, 0) is 18.8 Å². The summed E-state index contributed by atoms with van der Waals surface area (Å²) in [4.78, 5) is 10.9. The van der Waals surface area contributed by atoms with Crippen molar-refractivity contribution < 1.29 is 4.79 Å². The van der Waals surface area contributed by atoms with Gasteiger partial charge in [-0.15, -0.1) is 5.10 Å². The van der Waals surface area contributed by atoms with Crippen molar-refractivity contribution in [2.45, 2.75) is 59.4 Å². The van der Waals surface area contributed by atoms with Crippen LogP contribution in [0.25, 0.3) is 0 Å². The molecule has 0 N–H and O–H groups in total. The van der Waals surface area contributed by atoms with Crippen LogP contribution in [0.4, 0.5) is 0 Å². The van der Waals surface area contributed by atoms with Crippen LogP contribution in [-0.2, 0) is 13.0 Å². The second-order valence-electron chi connectivity index (χ2n) is 4.92. The van der Waals surface area contributed by atoms with Crippen LogP contribution in [0.1, 0.15) is 62.6 Å². The fourth-order valence-corrected chi connectivity index (χ4v) is 1.90. The molecule has 0 unspecified atom stereocenters. The summed E-state index contributed by atoms with van der Waals surface area (Å²) in [5.41, 5.74) is 1.50. The van der Waals surface area contributed by atoms with Crippen molar-refractivity contribution in [3.8, 4) is 0 Å². The van der Waals surface area contributed by atoms with Gasteiger partial charge in [0.25, 0.3) is 0 Å². The lowest BCUT2D eigenvalue weighted by Gasteiger charge is -2.08. The van der Waals surface area contributed by atoms with E-state index in [0.29, 0.717) is 11.6 Å². The minimum absolute atomic E-state index is 0.509. The van der Waals surface area contributed by atoms with Crippen molar-refractivity contribution in [3.05, 3.63) is 11.4 Å². The van der Waals surface area contributed by atoms with Gasteiger partial charge in [-0.1, -0.05) is 45.2 Å². The zero-order chi connectivity index (χ0) is 12.7. The number of carbonyl (C=O) groups excluding carboxylic acids is 1. The molecule has 0 saturated carbocycles. The fourth-order valence-electron chi connectivity index (χ4n) is 1.90. The van der Waals surface area contributed by atoms with E-state index in [2.05, 4.69) is 31.1 Å². The van der Waals surface area contributed by atoms with E-state index in [1.165, 1.54) is 19.3 Å². The van der Waals surface area contributed by atoms with Crippen LogP contribution >= 0.6 is 0 Å². The smallest absolute Gasteiger partial charge is 0.172 e. The number of unbranched alkanes of at least 4 members (excludes halogenated alkanes) is 3. The van der Waals surface area contributed by atoms with Crippen molar-refractivity contribution in [1.82, 2.24) is 15.0 Å². The first-order chi connectivity index (χ1) is 8.19. The molecule has 0 aliphatic carbocycles. The van der Waals surface area contributed by atoms with E-state index in [4.69, 9.17) is 0 Å². The van der Waals surface area contributed by atoms with Gasteiger partial charge in [-0.25, -0.2) is 4.68 Å². The minimum atomic E-state index is 0.509. The first-order valence-corrected chi connectivity index (χ1v) is 6.56. The van der Waals surface area contributed by atoms with Crippen LogP contribution < -0.4 is 0 Å². The molecule has 1 rings (SSSR count). The van der Waals surface area contributed by atoms with E-state index >= 15 is 0 Å². The maximum absolute atomic E-state index is 10.9. The predicted octanol–water partition coefficient (Wildman–Crippen LogP) is 2.87. The molecule has 0 spiro atoms. The molecule has 0 saturated heterocycles. The summed E-state index contributed by atoms with van der Waals surface area (Å²) in [5.74, 6) is 0.515. The highest BCUT2D eigenvalue weighted by molar-refractivity contribution is 5.73. The van der Waals surface area contributed by atoms with Gasteiger partial charge in [0.05, 0.1) is 5.69 Å². The lowest BCUT2D eigenvalue weighted by molar-refractivity contribution is 0.111. The van der Waals surface area contributed by atoms with Gasteiger partial charge < -0.3 is 0 Å². The summed E-state index contributed by atoms with van der Waals surface area (Å²) < 4.78 is 1.90. The van der Waals surface area contributed by atoms with Gasteiger partial charge >= 0.3 is 0 Å². The average molecular weight is 237 g/mol. The van der Waals surface area contributed by atoms with E-state index < -0.39 is 0 Å². The highest BCUT2D eigenvalue weighted by Crippen LogP contribution is 2.12. The molecular formula is C13H23N3O. The van der Waals surface area contributed by atoms with E-state index in [0.717, 1.165) is 31.4 Å². The quantitative estimate of drug-likeness (QED) is 0.516. The van der Waals surface area contributed by atoms with Gasteiger partial charge in [0.1, 0.15) is 5.69 Å². The number of aromatic nitrogens is 3. The van der Waals surface area contributed by atoms with Crippen LogP contribution in [0.15, 0.2) is 0 Å². The summed E-state index contributed by atoms with van der Waals surface area (Å²) in [6.45, 7) is 7.36. The third-order valence-corrected chi connectivity index (χ3v) is 2.80. The van der Waals surface area contributed by atoms with Gasteiger partial charge in [-0.2, -0.15) is 0 Å². The molecule has 0 fully saturated rings. The van der Waals surface area contributed by atoms with Gasteiger partial charge in [0, 0.05) is 6.54 Å². The Bertz CT molecular complexity index is 344. The summed E-state index contributed by atoms with van der Waals surface area (Å²) in [5, 5.41) is 8.00. The van der Waals surface area contributed by atoms with Crippen molar-refractivity contribution in [2.75, 3.05) is 0 Å². The minimum Gasteiger partial charge on any atom is -0.296 e. The summed E-state index contributed by atoms with van der Waals surface area (Å²) in [7, 11) is 0. The molecule has 0 atom stereocenters. The van der Waals surface area contributed by atoms with Crippen LogP contribution in [0.5, 0.6) is 0 Å². The van der Waals surface area contributed by atoms with Crippen LogP contribution in [0.3, 0.4) is 0 Å². The number of hydrogen-bond donors (Lipinski definition) is 0. The molecule has 4 nitrogen and oxygen atoms in total. The Morgan fingerprint density at radius 1 is 1.29 bits per heavy atom. The van der Waals surface area contributed by atoms with Crippen LogP contribution in [0, 0.1) is 5.92 Å². The lowest BCUT2D eigenvalue weighted by Crippen LogP contribution is -2.09. The van der Waals surface area contributed by atoms with Crippen molar-refractivity contribution in [1.29, 1.82) is 0 Å². The first kappa shape index (κ1) is 13.9. The standard InChI is InChI=1S/C13H23N3O/c1-4-5-6-7-8-16-13(9-11(2)3)12(10-17)14-15-16/h10-11H,4-9H2,1-3H3. The third kappa shape index (κ3) is 4.29. The van der Waals surface area contributed by atoms with Crippen LogP contribution in [-0.4, -0.2) is 21.3 Å². The number of nitrogens with zero attached hydrogens (tertiary/aromatic N) is 3. The average Bonchev–Trinajstić information content (AvgIpc) is 2.66. The molecular weight excluding hydrogens is 214 g/mol. The third-order valence-electron chi connectivity index (χ3n) is 2.80. The van der Waals surface area contributed by atoms with E-state index in [-0.39, 0.29) is 0 Å². The Kier molecular flexibility index (Phi) is 5.87. The first-order valence-electron chi connectivity index (χ1n) is 6.56.